The molecule has 1 N–H and O–H groups in total. The maximum Gasteiger partial charge on any atom is 0.264 e. The molecular formula is C22H24N2O3S. The first kappa shape index (κ1) is 20.0. The number of amides is 1. The number of hydrogen-bond donors (Lipinski definition) is 1. The Hall–Kier alpha value is -2.73. The number of thioether (sulfide) groups is 1. The van der Waals surface area contributed by atoms with E-state index in [1.54, 1.807) is 14.2 Å². The van der Waals surface area contributed by atoms with Crippen LogP contribution in [0.4, 0.5) is 5.69 Å². The molecule has 2 aromatic carbocycles. The average Bonchev–Trinajstić information content (AvgIpc) is 3.06. The van der Waals surface area contributed by atoms with Crippen molar-refractivity contribution in [3.05, 3.63) is 58.5 Å². The fourth-order valence-electron chi connectivity index (χ4n) is 2.81. The van der Waals surface area contributed by atoms with Crippen molar-refractivity contribution in [2.45, 2.75) is 26.2 Å². The average molecular weight is 397 g/mol. The zero-order valence-electron chi connectivity index (χ0n) is 16.3. The number of benzene rings is 2. The molecule has 0 aromatic heterocycles. The highest BCUT2D eigenvalue weighted by Gasteiger charge is 2.24. The van der Waals surface area contributed by atoms with E-state index < -0.39 is 0 Å². The molecule has 0 unspecified atom stereocenters. The Kier molecular flexibility index (Phi) is 6.76. The van der Waals surface area contributed by atoms with Crippen LogP contribution in [0.5, 0.6) is 11.5 Å². The van der Waals surface area contributed by atoms with Crippen molar-refractivity contribution in [3.8, 4) is 11.5 Å². The van der Waals surface area contributed by atoms with Gasteiger partial charge in [0.1, 0.15) is 0 Å². The molecule has 1 aliphatic heterocycles. The third kappa shape index (κ3) is 4.95. The van der Waals surface area contributed by atoms with Crippen LogP contribution in [-0.2, 0) is 11.2 Å². The fourth-order valence-corrected chi connectivity index (χ4v) is 3.65. The molecule has 5 nitrogen and oxygen atoms in total. The number of rotatable bonds is 7. The highest BCUT2D eigenvalue weighted by Crippen LogP contribution is 2.32. The van der Waals surface area contributed by atoms with Crippen LogP contribution in [0.25, 0.3) is 6.08 Å². The SMILES string of the molecule is CCCCc1ccc(N=C2NC(=O)C(=Cc3ccc(OC)c(OC)c3)S2)cc1. The number of unbranched alkanes of at least 4 members (excludes halogenated alkanes) is 1. The summed E-state index contributed by atoms with van der Waals surface area (Å²) in [6.45, 7) is 2.19. The second-order valence-electron chi connectivity index (χ2n) is 6.37. The minimum Gasteiger partial charge on any atom is -0.493 e. The van der Waals surface area contributed by atoms with E-state index in [9.17, 15) is 4.79 Å². The molecule has 0 aliphatic carbocycles. The zero-order chi connectivity index (χ0) is 19.9. The van der Waals surface area contributed by atoms with Crippen LogP contribution in [-0.4, -0.2) is 25.3 Å². The lowest BCUT2D eigenvalue weighted by Crippen LogP contribution is -2.19. The first-order valence-corrected chi connectivity index (χ1v) is 10.0. The molecular weight excluding hydrogens is 372 g/mol. The lowest BCUT2D eigenvalue weighted by atomic mass is 10.1. The summed E-state index contributed by atoms with van der Waals surface area (Å²) in [5, 5.41) is 3.40. The predicted molar refractivity (Wildman–Crippen MR) is 115 cm³/mol. The van der Waals surface area contributed by atoms with E-state index in [2.05, 4.69) is 29.4 Å². The van der Waals surface area contributed by atoms with E-state index in [0.717, 1.165) is 17.7 Å². The zero-order valence-corrected chi connectivity index (χ0v) is 17.1. The van der Waals surface area contributed by atoms with Crippen molar-refractivity contribution >= 4 is 34.6 Å². The number of ether oxygens (including phenoxy) is 2. The van der Waals surface area contributed by atoms with Crippen LogP contribution in [0.15, 0.2) is 52.4 Å². The molecule has 1 saturated heterocycles. The number of carbonyl (C=O) groups is 1. The van der Waals surface area contributed by atoms with Crippen LogP contribution in [0.1, 0.15) is 30.9 Å². The van der Waals surface area contributed by atoms with Gasteiger partial charge in [0.05, 0.1) is 24.8 Å². The van der Waals surface area contributed by atoms with E-state index >= 15 is 0 Å². The minimum absolute atomic E-state index is 0.155. The number of aliphatic imine (C=N–C) groups is 1. The van der Waals surface area contributed by atoms with E-state index in [0.29, 0.717) is 21.6 Å². The Morgan fingerprint density at radius 1 is 1.07 bits per heavy atom. The molecule has 0 saturated carbocycles. The molecule has 1 heterocycles. The number of nitrogens with zero attached hydrogens (tertiary/aromatic N) is 1. The normalized spacial score (nSPS) is 16.5. The summed E-state index contributed by atoms with van der Waals surface area (Å²) in [6, 6.07) is 13.7. The molecule has 2 aromatic rings. The van der Waals surface area contributed by atoms with Crippen molar-refractivity contribution in [2.24, 2.45) is 4.99 Å². The number of nitrogens with one attached hydrogen (secondary N) is 1. The standard InChI is InChI=1S/C22H24N2O3S/c1-4-5-6-15-7-10-17(11-8-15)23-22-24-21(25)20(28-22)14-16-9-12-18(26-2)19(13-16)27-3/h7-14H,4-6H2,1-3H3,(H,23,24,25). The second-order valence-corrected chi connectivity index (χ2v) is 7.40. The quantitative estimate of drug-likeness (QED) is 0.674. The molecule has 0 radical (unpaired) electrons. The molecule has 1 aliphatic rings. The smallest absolute Gasteiger partial charge is 0.264 e. The summed E-state index contributed by atoms with van der Waals surface area (Å²) in [5.74, 6) is 1.12. The largest absolute Gasteiger partial charge is 0.493 e. The van der Waals surface area contributed by atoms with Crippen LogP contribution in [0, 0.1) is 0 Å². The van der Waals surface area contributed by atoms with Gasteiger partial charge in [-0.2, -0.15) is 0 Å². The second kappa shape index (κ2) is 9.46. The van der Waals surface area contributed by atoms with Gasteiger partial charge in [-0.05, 0) is 66.1 Å². The molecule has 28 heavy (non-hydrogen) atoms. The van der Waals surface area contributed by atoms with Crippen molar-refractivity contribution in [2.75, 3.05) is 14.2 Å². The van der Waals surface area contributed by atoms with Crippen molar-refractivity contribution < 1.29 is 14.3 Å². The topological polar surface area (TPSA) is 59.9 Å². The van der Waals surface area contributed by atoms with Gasteiger partial charge in [0, 0.05) is 0 Å². The van der Waals surface area contributed by atoms with Crippen LogP contribution >= 0.6 is 11.8 Å². The Labute approximate surface area is 169 Å². The molecule has 0 atom stereocenters. The summed E-state index contributed by atoms with van der Waals surface area (Å²) in [5.41, 5.74) is 3.00. The Morgan fingerprint density at radius 2 is 1.82 bits per heavy atom. The summed E-state index contributed by atoms with van der Waals surface area (Å²) >= 11 is 1.33. The third-order valence-corrected chi connectivity index (χ3v) is 5.25. The maximum absolute atomic E-state index is 12.3. The highest BCUT2D eigenvalue weighted by molar-refractivity contribution is 8.18. The lowest BCUT2D eigenvalue weighted by molar-refractivity contribution is -0.115. The van der Waals surface area contributed by atoms with Crippen molar-refractivity contribution in [3.63, 3.8) is 0 Å². The van der Waals surface area contributed by atoms with E-state index in [4.69, 9.17) is 9.47 Å². The monoisotopic (exact) mass is 396 g/mol. The van der Waals surface area contributed by atoms with E-state index in [1.807, 2.05) is 36.4 Å². The predicted octanol–water partition coefficient (Wildman–Crippen LogP) is 4.94. The molecule has 0 spiro atoms. The van der Waals surface area contributed by atoms with Gasteiger partial charge in [-0.25, -0.2) is 4.99 Å². The van der Waals surface area contributed by atoms with Gasteiger partial charge in [-0.15, -0.1) is 0 Å². The van der Waals surface area contributed by atoms with Gasteiger partial charge in [0.2, 0.25) is 0 Å². The third-order valence-electron chi connectivity index (χ3n) is 4.34. The molecule has 0 bridgehead atoms. The Balaban J connectivity index is 1.74. The number of amidine groups is 1. The molecule has 1 fully saturated rings. The number of carbonyl (C=O) groups excluding carboxylic acids is 1. The van der Waals surface area contributed by atoms with Gasteiger partial charge in [-0.3, -0.25) is 4.79 Å². The fraction of sp³-hybridized carbons (Fsp3) is 0.273. The molecule has 6 heteroatoms. The van der Waals surface area contributed by atoms with Crippen molar-refractivity contribution in [1.82, 2.24) is 5.32 Å². The van der Waals surface area contributed by atoms with Gasteiger partial charge in [-0.1, -0.05) is 31.5 Å². The lowest BCUT2D eigenvalue weighted by Gasteiger charge is -2.07. The summed E-state index contributed by atoms with van der Waals surface area (Å²) in [4.78, 5) is 17.4. The maximum atomic E-state index is 12.3. The van der Waals surface area contributed by atoms with Crippen LogP contribution < -0.4 is 14.8 Å². The Morgan fingerprint density at radius 3 is 2.50 bits per heavy atom. The number of hydrogen-bond acceptors (Lipinski definition) is 5. The summed E-state index contributed by atoms with van der Waals surface area (Å²) in [6.07, 6.45) is 5.27. The highest BCUT2D eigenvalue weighted by atomic mass is 32.2. The van der Waals surface area contributed by atoms with E-state index in [-0.39, 0.29) is 5.91 Å². The van der Waals surface area contributed by atoms with Gasteiger partial charge in [0.15, 0.2) is 16.7 Å². The first-order chi connectivity index (χ1) is 13.6. The molecule has 3 rings (SSSR count). The molecule has 146 valence electrons. The Bertz CT molecular complexity index is 904. The minimum atomic E-state index is -0.155. The molecule has 1 amide bonds. The first-order valence-electron chi connectivity index (χ1n) is 9.23. The van der Waals surface area contributed by atoms with Crippen molar-refractivity contribution in [1.29, 1.82) is 0 Å². The van der Waals surface area contributed by atoms with Gasteiger partial charge < -0.3 is 14.8 Å². The number of aryl methyl sites for hydroxylation is 1. The summed E-state index contributed by atoms with van der Waals surface area (Å²) < 4.78 is 10.6. The van der Waals surface area contributed by atoms with Gasteiger partial charge >= 0.3 is 0 Å². The number of methoxy groups -OCH3 is 2. The van der Waals surface area contributed by atoms with E-state index in [1.165, 1.54) is 30.2 Å². The van der Waals surface area contributed by atoms with Crippen LogP contribution in [0.3, 0.4) is 0 Å². The summed E-state index contributed by atoms with van der Waals surface area (Å²) in [7, 11) is 3.18. The van der Waals surface area contributed by atoms with Crippen LogP contribution in [0.2, 0.25) is 0 Å². The van der Waals surface area contributed by atoms with Gasteiger partial charge in [0.25, 0.3) is 5.91 Å².